The molecule has 1 aromatic rings. The van der Waals surface area contributed by atoms with Crippen molar-refractivity contribution in [2.75, 3.05) is 6.61 Å². The van der Waals surface area contributed by atoms with Crippen LogP contribution in [0.4, 0.5) is 0 Å². The highest BCUT2D eigenvalue weighted by Crippen LogP contribution is 2.20. The van der Waals surface area contributed by atoms with E-state index in [1.165, 1.54) is 11.3 Å². The second-order valence-corrected chi connectivity index (χ2v) is 5.72. The average Bonchev–Trinajstić information content (AvgIpc) is 2.45. The maximum atomic E-state index is 5.81. The second kappa shape index (κ2) is 7.01. The lowest BCUT2D eigenvalue weighted by molar-refractivity contribution is -0.0246. The largest absolute Gasteiger partial charge is 0.378 e. The Kier molecular flexibility index (Phi) is 5.34. The summed E-state index contributed by atoms with van der Waals surface area (Å²) in [6.07, 6.45) is 5.56. The molecular formula is C16H26N2O. The van der Waals surface area contributed by atoms with Crippen molar-refractivity contribution in [3.05, 3.63) is 29.6 Å². The summed E-state index contributed by atoms with van der Waals surface area (Å²) in [5.74, 6) is 0.602. The number of nitrogens with one attached hydrogen (secondary N) is 1. The van der Waals surface area contributed by atoms with E-state index in [-0.39, 0.29) is 0 Å². The molecule has 0 aliphatic carbocycles. The lowest BCUT2D eigenvalue weighted by Crippen LogP contribution is -2.40. The van der Waals surface area contributed by atoms with E-state index in [1.54, 1.807) is 0 Å². The van der Waals surface area contributed by atoms with Gasteiger partial charge in [0.1, 0.15) is 0 Å². The molecule has 2 unspecified atom stereocenters. The van der Waals surface area contributed by atoms with Crippen molar-refractivity contribution in [1.82, 2.24) is 10.3 Å². The van der Waals surface area contributed by atoms with Crippen LogP contribution in [-0.4, -0.2) is 23.7 Å². The molecule has 1 aliphatic rings. The molecule has 0 saturated carbocycles. The van der Waals surface area contributed by atoms with Crippen LogP contribution in [-0.2, 0) is 17.7 Å². The number of pyridine rings is 1. The van der Waals surface area contributed by atoms with Crippen LogP contribution < -0.4 is 5.32 Å². The van der Waals surface area contributed by atoms with E-state index < -0.39 is 0 Å². The monoisotopic (exact) mass is 262 g/mol. The van der Waals surface area contributed by atoms with Gasteiger partial charge < -0.3 is 10.1 Å². The second-order valence-electron chi connectivity index (χ2n) is 5.72. The standard InChI is InChI=1S/C16H26N2O/c1-4-13-6-5-8-17-15(13)11-18-14-7-9-19-16(10-14)12(2)3/h5-6,8,12,14,16,18H,4,7,9-11H2,1-3H3. The van der Waals surface area contributed by atoms with Gasteiger partial charge in [0.2, 0.25) is 0 Å². The van der Waals surface area contributed by atoms with Crippen LogP contribution in [0.2, 0.25) is 0 Å². The number of ether oxygens (including phenoxy) is 1. The Bertz CT molecular complexity index is 392. The first kappa shape index (κ1) is 14.5. The van der Waals surface area contributed by atoms with Crippen LogP contribution in [0.3, 0.4) is 0 Å². The molecule has 19 heavy (non-hydrogen) atoms. The SMILES string of the molecule is CCc1cccnc1CNC1CCOC(C(C)C)C1. The van der Waals surface area contributed by atoms with E-state index >= 15 is 0 Å². The van der Waals surface area contributed by atoms with Gasteiger partial charge >= 0.3 is 0 Å². The minimum absolute atomic E-state index is 0.403. The third-order valence-corrected chi connectivity index (χ3v) is 3.98. The number of rotatable bonds is 5. The zero-order valence-electron chi connectivity index (χ0n) is 12.4. The van der Waals surface area contributed by atoms with Gasteiger partial charge in [0.25, 0.3) is 0 Å². The van der Waals surface area contributed by atoms with Crippen LogP contribution in [0, 0.1) is 5.92 Å². The molecule has 3 heteroatoms. The van der Waals surface area contributed by atoms with E-state index in [9.17, 15) is 0 Å². The van der Waals surface area contributed by atoms with Crippen LogP contribution in [0.25, 0.3) is 0 Å². The first-order chi connectivity index (χ1) is 9.20. The number of nitrogens with zero attached hydrogens (tertiary/aromatic N) is 1. The van der Waals surface area contributed by atoms with Gasteiger partial charge in [0, 0.05) is 25.4 Å². The van der Waals surface area contributed by atoms with E-state index in [2.05, 4.69) is 37.1 Å². The normalized spacial score (nSPS) is 23.8. The molecule has 3 nitrogen and oxygen atoms in total. The Hall–Kier alpha value is -0.930. The highest BCUT2D eigenvalue weighted by atomic mass is 16.5. The van der Waals surface area contributed by atoms with Crippen LogP contribution >= 0.6 is 0 Å². The molecule has 0 radical (unpaired) electrons. The summed E-state index contributed by atoms with van der Waals surface area (Å²) in [5.41, 5.74) is 2.54. The molecule has 106 valence electrons. The summed E-state index contributed by atoms with van der Waals surface area (Å²) in [7, 11) is 0. The predicted octanol–water partition coefficient (Wildman–Crippen LogP) is 2.94. The van der Waals surface area contributed by atoms with E-state index in [4.69, 9.17) is 4.74 Å². The van der Waals surface area contributed by atoms with Crippen LogP contribution in [0.1, 0.15) is 44.9 Å². The Labute approximate surface area is 116 Å². The number of aryl methyl sites for hydroxylation is 1. The highest BCUT2D eigenvalue weighted by Gasteiger charge is 2.24. The zero-order valence-corrected chi connectivity index (χ0v) is 12.4. The van der Waals surface area contributed by atoms with Gasteiger partial charge in [-0.1, -0.05) is 26.8 Å². The van der Waals surface area contributed by atoms with Gasteiger partial charge in [0.15, 0.2) is 0 Å². The maximum Gasteiger partial charge on any atom is 0.0612 e. The molecule has 1 fully saturated rings. The number of hydrogen-bond acceptors (Lipinski definition) is 3. The van der Waals surface area contributed by atoms with Crippen molar-refractivity contribution >= 4 is 0 Å². The maximum absolute atomic E-state index is 5.81. The fourth-order valence-corrected chi connectivity index (χ4v) is 2.67. The summed E-state index contributed by atoms with van der Waals surface area (Å²) >= 11 is 0. The molecular weight excluding hydrogens is 236 g/mol. The Morgan fingerprint density at radius 3 is 3.05 bits per heavy atom. The summed E-state index contributed by atoms with van der Waals surface area (Å²) in [5, 5.41) is 3.65. The molecule has 1 aromatic heterocycles. The Morgan fingerprint density at radius 1 is 1.47 bits per heavy atom. The van der Waals surface area contributed by atoms with Gasteiger partial charge in [-0.3, -0.25) is 4.98 Å². The van der Waals surface area contributed by atoms with E-state index in [1.807, 2.05) is 12.3 Å². The zero-order chi connectivity index (χ0) is 13.7. The molecule has 2 rings (SSSR count). The van der Waals surface area contributed by atoms with Crippen LogP contribution in [0.5, 0.6) is 0 Å². The molecule has 0 bridgehead atoms. The number of hydrogen-bond donors (Lipinski definition) is 1. The van der Waals surface area contributed by atoms with Crippen molar-refractivity contribution < 1.29 is 4.74 Å². The molecule has 1 N–H and O–H groups in total. The first-order valence-electron chi connectivity index (χ1n) is 7.48. The summed E-state index contributed by atoms with van der Waals surface area (Å²) in [4.78, 5) is 4.49. The lowest BCUT2D eigenvalue weighted by atomic mass is 9.95. The van der Waals surface area contributed by atoms with Gasteiger partial charge in [-0.2, -0.15) is 0 Å². The number of aromatic nitrogens is 1. The van der Waals surface area contributed by atoms with E-state index in [0.29, 0.717) is 18.1 Å². The minimum Gasteiger partial charge on any atom is -0.378 e. The third kappa shape index (κ3) is 4.02. The van der Waals surface area contributed by atoms with Gasteiger partial charge in [-0.25, -0.2) is 0 Å². The van der Waals surface area contributed by atoms with Gasteiger partial charge in [-0.15, -0.1) is 0 Å². The molecule has 2 atom stereocenters. The molecule has 2 heterocycles. The Balaban J connectivity index is 1.88. The van der Waals surface area contributed by atoms with Gasteiger partial charge in [0.05, 0.1) is 11.8 Å². The van der Waals surface area contributed by atoms with Gasteiger partial charge in [-0.05, 0) is 36.8 Å². The third-order valence-electron chi connectivity index (χ3n) is 3.98. The van der Waals surface area contributed by atoms with E-state index in [0.717, 1.165) is 32.4 Å². The van der Waals surface area contributed by atoms with Crippen molar-refractivity contribution in [3.63, 3.8) is 0 Å². The molecule has 1 saturated heterocycles. The molecule has 1 aliphatic heterocycles. The molecule has 0 amide bonds. The topological polar surface area (TPSA) is 34.2 Å². The summed E-state index contributed by atoms with van der Waals surface area (Å²) in [6.45, 7) is 8.41. The average molecular weight is 262 g/mol. The lowest BCUT2D eigenvalue weighted by Gasteiger charge is -2.32. The first-order valence-corrected chi connectivity index (χ1v) is 7.48. The minimum atomic E-state index is 0.403. The van der Waals surface area contributed by atoms with Crippen molar-refractivity contribution in [3.8, 4) is 0 Å². The van der Waals surface area contributed by atoms with Crippen molar-refractivity contribution in [1.29, 1.82) is 0 Å². The quantitative estimate of drug-likeness (QED) is 0.886. The fourth-order valence-electron chi connectivity index (χ4n) is 2.67. The summed E-state index contributed by atoms with van der Waals surface area (Å²) < 4.78 is 5.81. The molecule has 0 aromatic carbocycles. The predicted molar refractivity (Wildman–Crippen MR) is 78.1 cm³/mol. The molecule has 0 spiro atoms. The smallest absolute Gasteiger partial charge is 0.0612 e. The van der Waals surface area contributed by atoms with Crippen molar-refractivity contribution in [2.45, 2.75) is 58.7 Å². The Morgan fingerprint density at radius 2 is 2.32 bits per heavy atom. The fraction of sp³-hybridized carbons (Fsp3) is 0.688. The van der Waals surface area contributed by atoms with Crippen molar-refractivity contribution in [2.24, 2.45) is 5.92 Å². The van der Waals surface area contributed by atoms with Crippen LogP contribution in [0.15, 0.2) is 18.3 Å². The highest BCUT2D eigenvalue weighted by molar-refractivity contribution is 5.19. The summed E-state index contributed by atoms with van der Waals surface area (Å²) in [6, 6.07) is 4.75.